The first-order chi connectivity index (χ1) is 8.22. The van der Waals surface area contributed by atoms with Crippen molar-refractivity contribution in [2.45, 2.75) is 31.4 Å². The molecular formula is C13H18FNO2. The summed E-state index contributed by atoms with van der Waals surface area (Å²) in [6.45, 7) is 0.790. The van der Waals surface area contributed by atoms with Crippen molar-refractivity contribution < 1.29 is 13.9 Å². The predicted octanol–water partition coefficient (Wildman–Crippen LogP) is 2.40. The summed E-state index contributed by atoms with van der Waals surface area (Å²) >= 11 is 0. The van der Waals surface area contributed by atoms with E-state index in [1.54, 1.807) is 18.2 Å². The predicted molar refractivity (Wildman–Crippen MR) is 63.5 cm³/mol. The topological polar surface area (TPSA) is 44.5 Å². The molecule has 0 spiro atoms. The molecule has 0 bridgehead atoms. The van der Waals surface area contributed by atoms with Crippen LogP contribution in [0.4, 0.5) is 4.39 Å². The molecule has 1 saturated heterocycles. The van der Waals surface area contributed by atoms with E-state index in [1.165, 1.54) is 7.11 Å². The van der Waals surface area contributed by atoms with E-state index in [9.17, 15) is 4.39 Å². The summed E-state index contributed by atoms with van der Waals surface area (Å²) in [5, 5.41) is 0. The van der Waals surface area contributed by atoms with E-state index in [0.717, 1.165) is 19.4 Å². The molecule has 0 saturated carbocycles. The molecule has 17 heavy (non-hydrogen) atoms. The van der Waals surface area contributed by atoms with Crippen LogP contribution in [0.2, 0.25) is 0 Å². The first-order valence-corrected chi connectivity index (χ1v) is 5.92. The Morgan fingerprint density at radius 3 is 3.06 bits per heavy atom. The molecule has 1 aliphatic heterocycles. The van der Waals surface area contributed by atoms with Crippen molar-refractivity contribution in [1.82, 2.24) is 0 Å². The summed E-state index contributed by atoms with van der Waals surface area (Å²) in [7, 11) is 1.45. The number of hydrogen-bond donors (Lipinski definition) is 1. The summed E-state index contributed by atoms with van der Waals surface area (Å²) in [6, 6.07) is 4.72. The Morgan fingerprint density at radius 2 is 2.41 bits per heavy atom. The smallest absolute Gasteiger partial charge is 0.169 e. The van der Waals surface area contributed by atoms with Crippen LogP contribution < -0.4 is 10.5 Å². The highest BCUT2D eigenvalue weighted by atomic mass is 19.1. The quantitative estimate of drug-likeness (QED) is 0.877. The van der Waals surface area contributed by atoms with Gasteiger partial charge in [-0.3, -0.25) is 0 Å². The van der Waals surface area contributed by atoms with Gasteiger partial charge in [0, 0.05) is 18.2 Å². The monoisotopic (exact) mass is 239 g/mol. The van der Waals surface area contributed by atoms with Crippen LogP contribution >= 0.6 is 0 Å². The Labute approximate surface area is 101 Å². The van der Waals surface area contributed by atoms with E-state index in [-0.39, 0.29) is 23.7 Å². The maximum atomic E-state index is 14.0. The van der Waals surface area contributed by atoms with E-state index >= 15 is 0 Å². The first-order valence-electron chi connectivity index (χ1n) is 5.92. The van der Waals surface area contributed by atoms with Crippen LogP contribution in [0.5, 0.6) is 5.75 Å². The molecule has 94 valence electrons. The minimum absolute atomic E-state index is 0.163. The molecule has 0 aliphatic carbocycles. The van der Waals surface area contributed by atoms with Crippen molar-refractivity contribution in [2.75, 3.05) is 13.7 Å². The Kier molecular flexibility index (Phi) is 3.97. The lowest BCUT2D eigenvalue weighted by Crippen LogP contribution is -2.19. The summed E-state index contributed by atoms with van der Waals surface area (Å²) < 4.78 is 24.4. The number of methoxy groups -OCH3 is 1. The molecule has 1 fully saturated rings. The van der Waals surface area contributed by atoms with Crippen molar-refractivity contribution in [1.29, 1.82) is 0 Å². The molecule has 2 unspecified atom stereocenters. The molecule has 1 aliphatic rings. The van der Waals surface area contributed by atoms with Crippen molar-refractivity contribution in [3.8, 4) is 5.75 Å². The Morgan fingerprint density at radius 1 is 1.59 bits per heavy atom. The molecule has 0 aromatic heterocycles. The van der Waals surface area contributed by atoms with Crippen molar-refractivity contribution >= 4 is 0 Å². The highest BCUT2D eigenvalue weighted by Gasteiger charge is 2.22. The van der Waals surface area contributed by atoms with Gasteiger partial charge in [-0.1, -0.05) is 12.1 Å². The second-order valence-corrected chi connectivity index (χ2v) is 4.34. The average Bonchev–Trinajstić information content (AvgIpc) is 2.82. The number of rotatable bonds is 4. The first kappa shape index (κ1) is 12.3. The van der Waals surface area contributed by atoms with E-state index in [4.69, 9.17) is 15.2 Å². The number of ether oxygens (including phenoxy) is 2. The van der Waals surface area contributed by atoms with Gasteiger partial charge in [0.2, 0.25) is 0 Å². The normalized spacial score (nSPS) is 21.5. The van der Waals surface area contributed by atoms with Crippen LogP contribution in [0.1, 0.15) is 30.9 Å². The molecule has 1 aromatic rings. The van der Waals surface area contributed by atoms with Gasteiger partial charge in [-0.15, -0.1) is 0 Å². The molecule has 0 radical (unpaired) electrons. The van der Waals surface area contributed by atoms with E-state index in [1.807, 2.05) is 0 Å². The van der Waals surface area contributed by atoms with Gasteiger partial charge in [0.05, 0.1) is 13.2 Å². The average molecular weight is 239 g/mol. The summed E-state index contributed by atoms with van der Waals surface area (Å²) in [4.78, 5) is 0. The SMILES string of the molecule is COc1cccc(C(N)CC2CCCO2)c1F. The fraction of sp³-hybridized carbons (Fsp3) is 0.538. The van der Waals surface area contributed by atoms with Crippen molar-refractivity contribution in [2.24, 2.45) is 5.73 Å². The second-order valence-electron chi connectivity index (χ2n) is 4.34. The third-order valence-electron chi connectivity index (χ3n) is 3.15. The number of nitrogens with two attached hydrogens (primary N) is 1. The largest absolute Gasteiger partial charge is 0.494 e. The van der Waals surface area contributed by atoms with Crippen molar-refractivity contribution in [3.63, 3.8) is 0 Å². The van der Waals surface area contributed by atoms with Gasteiger partial charge in [0.15, 0.2) is 11.6 Å². The molecule has 3 nitrogen and oxygen atoms in total. The third kappa shape index (κ3) is 2.76. The number of hydrogen-bond acceptors (Lipinski definition) is 3. The maximum Gasteiger partial charge on any atom is 0.169 e. The lowest BCUT2D eigenvalue weighted by atomic mass is 9.99. The van der Waals surface area contributed by atoms with Crippen LogP contribution in [-0.2, 0) is 4.74 Å². The molecule has 1 aromatic carbocycles. The maximum absolute atomic E-state index is 14.0. The van der Waals surface area contributed by atoms with Crippen LogP contribution in [-0.4, -0.2) is 19.8 Å². The molecule has 2 atom stereocenters. The summed E-state index contributed by atoms with van der Waals surface area (Å²) in [5.41, 5.74) is 6.52. The van der Waals surface area contributed by atoms with Crippen LogP contribution in [0.3, 0.4) is 0 Å². The van der Waals surface area contributed by atoms with Gasteiger partial charge in [0.25, 0.3) is 0 Å². The lowest BCUT2D eigenvalue weighted by molar-refractivity contribution is 0.0980. The van der Waals surface area contributed by atoms with Gasteiger partial charge in [0.1, 0.15) is 0 Å². The molecular weight excluding hydrogens is 221 g/mol. The third-order valence-corrected chi connectivity index (χ3v) is 3.15. The fourth-order valence-electron chi connectivity index (χ4n) is 2.21. The highest BCUT2D eigenvalue weighted by molar-refractivity contribution is 5.32. The van der Waals surface area contributed by atoms with Crippen molar-refractivity contribution in [3.05, 3.63) is 29.6 Å². The fourth-order valence-corrected chi connectivity index (χ4v) is 2.21. The van der Waals surface area contributed by atoms with Gasteiger partial charge in [-0.25, -0.2) is 4.39 Å². The van der Waals surface area contributed by atoms with Crippen LogP contribution in [0, 0.1) is 5.82 Å². The standard InChI is InChI=1S/C13H18FNO2/c1-16-12-6-2-5-10(13(12)14)11(15)8-9-4-3-7-17-9/h2,5-6,9,11H,3-4,7-8,15H2,1H3. The van der Waals surface area contributed by atoms with Crippen LogP contribution in [0.15, 0.2) is 18.2 Å². The Hall–Kier alpha value is -1.13. The zero-order valence-electron chi connectivity index (χ0n) is 9.99. The zero-order valence-corrected chi connectivity index (χ0v) is 9.99. The van der Waals surface area contributed by atoms with Gasteiger partial charge < -0.3 is 15.2 Å². The molecule has 0 amide bonds. The Balaban J connectivity index is 2.09. The molecule has 1 heterocycles. The molecule has 4 heteroatoms. The zero-order chi connectivity index (χ0) is 12.3. The Bertz CT molecular complexity index is 378. The molecule has 2 rings (SSSR count). The lowest BCUT2D eigenvalue weighted by Gasteiger charge is -2.18. The number of halogens is 1. The minimum atomic E-state index is -0.361. The highest BCUT2D eigenvalue weighted by Crippen LogP contribution is 2.28. The van der Waals surface area contributed by atoms with E-state index in [0.29, 0.717) is 12.0 Å². The van der Waals surface area contributed by atoms with Gasteiger partial charge >= 0.3 is 0 Å². The minimum Gasteiger partial charge on any atom is -0.494 e. The molecule has 2 N–H and O–H groups in total. The van der Waals surface area contributed by atoms with Crippen LogP contribution in [0.25, 0.3) is 0 Å². The van der Waals surface area contributed by atoms with Gasteiger partial charge in [-0.05, 0) is 25.3 Å². The van der Waals surface area contributed by atoms with E-state index < -0.39 is 0 Å². The van der Waals surface area contributed by atoms with E-state index in [2.05, 4.69) is 0 Å². The van der Waals surface area contributed by atoms with Gasteiger partial charge in [-0.2, -0.15) is 0 Å². The number of benzene rings is 1. The summed E-state index contributed by atoms with van der Waals surface area (Å²) in [5.74, 6) is -0.120. The summed E-state index contributed by atoms with van der Waals surface area (Å²) in [6.07, 6.45) is 2.90. The second kappa shape index (κ2) is 5.47.